The summed E-state index contributed by atoms with van der Waals surface area (Å²) in [4.78, 5) is 4.89. The number of hydrogen-bond acceptors (Lipinski definition) is 2. The zero-order chi connectivity index (χ0) is 10.3. The highest BCUT2D eigenvalue weighted by Gasteiger charge is 2.37. The first kappa shape index (κ1) is 9.30. The average molecular weight is 203 g/mol. The van der Waals surface area contributed by atoms with Gasteiger partial charge >= 0.3 is 6.18 Å². The summed E-state index contributed by atoms with van der Waals surface area (Å²) >= 11 is 0. The Labute approximate surface area is 78.7 Å². The van der Waals surface area contributed by atoms with Crippen molar-refractivity contribution in [2.24, 2.45) is 11.1 Å². The largest absolute Gasteiger partial charge is 0.416 e. The molecule has 0 fully saturated rings. The van der Waals surface area contributed by atoms with Gasteiger partial charge in [-0.2, -0.15) is 13.2 Å². The van der Waals surface area contributed by atoms with Gasteiger partial charge in [-0.15, -0.1) is 0 Å². The van der Waals surface area contributed by atoms with Crippen molar-refractivity contribution in [2.45, 2.75) is 19.2 Å². The van der Waals surface area contributed by atoms with Crippen LogP contribution in [0.5, 0.6) is 0 Å². The van der Waals surface area contributed by atoms with Crippen LogP contribution in [-0.4, -0.2) is 18.0 Å². The molecule has 2 atom stereocenters. The van der Waals surface area contributed by atoms with Crippen molar-refractivity contribution < 1.29 is 18.0 Å². The van der Waals surface area contributed by atoms with Crippen molar-refractivity contribution >= 4 is 5.71 Å². The number of fused-ring (bicyclic) bond motifs is 1. The fourth-order valence-corrected chi connectivity index (χ4v) is 1.48. The third kappa shape index (κ3) is 1.42. The summed E-state index contributed by atoms with van der Waals surface area (Å²) in [6.45, 7) is 1.78. The maximum absolute atomic E-state index is 12.3. The van der Waals surface area contributed by atoms with Gasteiger partial charge in [-0.1, -0.05) is 17.3 Å². The third-order valence-electron chi connectivity index (χ3n) is 2.29. The number of oxime groups is 1. The van der Waals surface area contributed by atoms with E-state index in [1.807, 2.05) is 0 Å². The van der Waals surface area contributed by atoms with Crippen LogP contribution in [0.15, 0.2) is 29.0 Å². The van der Waals surface area contributed by atoms with Crippen LogP contribution in [0.3, 0.4) is 0 Å². The molecule has 2 unspecified atom stereocenters. The van der Waals surface area contributed by atoms with Gasteiger partial charge < -0.3 is 4.84 Å². The molecule has 5 heteroatoms. The Morgan fingerprint density at radius 1 is 1.43 bits per heavy atom. The van der Waals surface area contributed by atoms with Gasteiger partial charge in [-0.05, 0) is 13.0 Å². The molecule has 0 N–H and O–H groups in total. The van der Waals surface area contributed by atoms with E-state index in [2.05, 4.69) is 5.16 Å². The lowest BCUT2D eigenvalue weighted by atomic mass is 9.91. The first-order valence-corrected chi connectivity index (χ1v) is 4.19. The van der Waals surface area contributed by atoms with Crippen molar-refractivity contribution in [3.8, 4) is 0 Å². The summed E-state index contributed by atoms with van der Waals surface area (Å²) in [5.41, 5.74) is -0.322. The van der Waals surface area contributed by atoms with Crippen LogP contribution in [0, 0.1) is 5.92 Å². The molecular weight excluding hydrogens is 195 g/mol. The first-order valence-electron chi connectivity index (χ1n) is 4.19. The van der Waals surface area contributed by atoms with Crippen LogP contribution in [-0.2, 0) is 4.84 Å². The monoisotopic (exact) mass is 203 g/mol. The lowest BCUT2D eigenvalue weighted by molar-refractivity contribution is -0.0882. The minimum Gasteiger partial charge on any atom is -0.392 e. The Kier molecular flexibility index (Phi) is 1.90. The number of alkyl halides is 3. The third-order valence-corrected chi connectivity index (χ3v) is 2.29. The number of rotatable bonds is 0. The van der Waals surface area contributed by atoms with E-state index >= 15 is 0 Å². The first-order chi connectivity index (χ1) is 6.48. The normalized spacial score (nSPS) is 30.6. The van der Waals surface area contributed by atoms with E-state index in [-0.39, 0.29) is 12.0 Å². The average Bonchev–Trinajstić information content (AvgIpc) is 2.46. The molecule has 2 rings (SSSR count). The standard InChI is InChI=1S/C9H8F3NO/c1-5-7-3-2-6(9(10,11)12)4-8(7)13-14-5/h2-5,7H,1H3. The van der Waals surface area contributed by atoms with E-state index in [4.69, 9.17) is 4.84 Å². The minimum absolute atomic E-state index is 0.138. The summed E-state index contributed by atoms with van der Waals surface area (Å²) < 4.78 is 36.8. The molecule has 76 valence electrons. The smallest absolute Gasteiger partial charge is 0.392 e. The molecular formula is C9H8F3NO. The molecule has 1 aliphatic heterocycles. The number of halogens is 3. The van der Waals surface area contributed by atoms with Crippen molar-refractivity contribution in [1.82, 2.24) is 0 Å². The van der Waals surface area contributed by atoms with E-state index < -0.39 is 11.7 Å². The lowest BCUT2D eigenvalue weighted by Crippen LogP contribution is -2.22. The highest BCUT2D eigenvalue weighted by Crippen LogP contribution is 2.33. The molecule has 0 radical (unpaired) electrons. The van der Waals surface area contributed by atoms with Gasteiger partial charge in [0.1, 0.15) is 6.10 Å². The topological polar surface area (TPSA) is 21.6 Å². The van der Waals surface area contributed by atoms with Gasteiger partial charge in [-0.3, -0.25) is 0 Å². The second-order valence-electron chi connectivity index (χ2n) is 3.31. The highest BCUT2D eigenvalue weighted by atomic mass is 19.4. The maximum Gasteiger partial charge on any atom is 0.416 e. The Morgan fingerprint density at radius 3 is 2.79 bits per heavy atom. The van der Waals surface area contributed by atoms with Gasteiger partial charge in [0.25, 0.3) is 0 Å². The van der Waals surface area contributed by atoms with Crippen LogP contribution < -0.4 is 0 Å². The maximum atomic E-state index is 12.3. The molecule has 0 saturated heterocycles. The van der Waals surface area contributed by atoms with Crippen molar-refractivity contribution in [3.05, 3.63) is 23.8 Å². The summed E-state index contributed by atoms with van der Waals surface area (Å²) in [7, 11) is 0. The van der Waals surface area contributed by atoms with Crippen molar-refractivity contribution in [2.75, 3.05) is 0 Å². The summed E-state index contributed by atoms with van der Waals surface area (Å²) in [6, 6.07) is 0. The Bertz CT molecular complexity index is 340. The van der Waals surface area contributed by atoms with Crippen LogP contribution in [0.4, 0.5) is 13.2 Å². The van der Waals surface area contributed by atoms with Crippen LogP contribution in [0.2, 0.25) is 0 Å². The number of hydrogen-bond donors (Lipinski definition) is 0. The Hall–Kier alpha value is -1.26. The van der Waals surface area contributed by atoms with E-state index in [0.29, 0.717) is 5.71 Å². The summed E-state index contributed by atoms with van der Waals surface area (Å²) in [5.74, 6) is -0.138. The van der Waals surface area contributed by atoms with Gasteiger partial charge in [0.2, 0.25) is 0 Å². The summed E-state index contributed by atoms with van der Waals surface area (Å²) in [6.07, 6.45) is -0.884. The second-order valence-corrected chi connectivity index (χ2v) is 3.31. The van der Waals surface area contributed by atoms with E-state index in [9.17, 15) is 13.2 Å². The molecule has 0 spiro atoms. The molecule has 1 heterocycles. The number of nitrogens with zero attached hydrogens (tertiary/aromatic N) is 1. The number of allylic oxidation sites excluding steroid dienone is 3. The van der Waals surface area contributed by atoms with Crippen molar-refractivity contribution in [1.29, 1.82) is 0 Å². The predicted octanol–water partition coefficient (Wildman–Crippen LogP) is 2.44. The molecule has 0 aromatic carbocycles. The van der Waals surface area contributed by atoms with E-state index in [1.54, 1.807) is 6.92 Å². The van der Waals surface area contributed by atoms with E-state index in [1.165, 1.54) is 6.08 Å². The molecule has 14 heavy (non-hydrogen) atoms. The van der Waals surface area contributed by atoms with Crippen LogP contribution in [0.1, 0.15) is 6.92 Å². The summed E-state index contributed by atoms with van der Waals surface area (Å²) in [5, 5.41) is 3.59. The molecule has 2 aliphatic rings. The van der Waals surface area contributed by atoms with Crippen LogP contribution >= 0.6 is 0 Å². The molecule has 0 aromatic heterocycles. The molecule has 0 aromatic rings. The highest BCUT2D eigenvalue weighted by molar-refractivity contribution is 6.01. The Morgan fingerprint density at radius 2 is 2.14 bits per heavy atom. The quantitative estimate of drug-likeness (QED) is 0.592. The fraction of sp³-hybridized carbons (Fsp3) is 0.444. The van der Waals surface area contributed by atoms with E-state index in [0.717, 1.165) is 12.2 Å². The van der Waals surface area contributed by atoms with Gasteiger partial charge in [0.05, 0.1) is 17.2 Å². The van der Waals surface area contributed by atoms with Gasteiger partial charge in [0.15, 0.2) is 0 Å². The fourth-order valence-electron chi connectivity index (χ4n) is 1.48. The minimum atomic E-state index is -4.31. The molecule has 2 nitrogen and oxygen atoms in total. The SMILES string of the molecule is CC1ON=C2C=C(C(F)(F)F)C=CC21. The zero-order valence-electron chi connectivity index (χ0n) is 7.38. The van der Waals surface area contributed by atoms with Crippen molar-refractivity contribution in [3.63, 3.8) is 0 Å². The molecule has 0 saturated carbocycles. The lowest BCUT2D eigenvalue weighted by Gasteiger charge is -2.15. The Balaban J connectivity index is 2.28. The van der Waals surface area contributed by atoms with Gasteiger partial charge in [-0.25, -0.2) is 0 Å². The second kappa shape index (κ2) is 2.87. The molecule has 0 amide bonds. The zero-order valence-corrected chi connectivity index (χ0v) is 7.38. The van der Waals surface area contributed by atoms with Gasteiger partial charge in [0, 0.05) is 0 Å². The molecule has 0 bridgehead atoms. The predicted molar refractivity (Wildman–Crippen MR) is 44.8 cm³/mol. The molecule has 1 aliphatic carbocycles. The van der Waals surface area contributed by atoms with Crippen LogP contribution in [0.25, 0.3) is 0 Å².